The number of aryl methyl sites for hydroxylation is 1. The highest BCUT2D eigenvalue weighted by atomic mass is 19.1. The lowest BCUT2D eigenvalue weighted by Crippen LogP contribution is -2.52. The fourth-order valence-corrected chi connectivity index (χ4v) is 10.4. The van der Waals surface area contributed by atoms with Crippen LogP contribution in [0.3, 0.4) is 0 Å². The molecule has 8 N–H and O–H groups in total. The quantitative estimate of drug-likeness (QED) is 0.0242. The Bertz CT molecular complexity index is 3250. The maximum absolute atomic E-state index is 15.4. The number of carbonyl (C=O) groups excluding carboxylic acids is 9. The summed E-state index contributed by atoms with van der Waals surface area (Å²) in [4.78, 5) is 146. The van der Waals surface area contributed by atoms with Crippen LogP contribution >= 0.6 is 0 Å². The molecule has 0 spiro atoms. The van der Waals surface area contributed by atoms with Crippen LogP contribution in [-0.4, -0.2) is 122 Å². The molecular weight excluding hydrogens is 1030 g/mol. The molecule has 1 aliphatic carbocycles. The van der Waals surface area contributed by atoms with E-state index in [4.69, 9.17) is 9.72 Å². The minimum Gasteiger partial charge on any atom is -0.481 e. The number of imide groups is 1. The van der Waals surface area contributed by atoms with Crippen molar-refractivity contribution < 1.29 is 67.3 Å². The Labute approximate surface area is 451 Å². The molecule has 0 saturated heterocycles. The summed E-state index contributed by atoms with van der Waals surface area (Å²) in [5, 5.41) is 36.8. The van der Waals surface area contributed by atoms with Crippen molar-refractivity contribution in [2.75, 3.05) is 26.2 Å². The van der Waals surface area contributed by atoms with Crippen LogP contribution in [0.5, 0.6) is 0 Å². The van der Waals surface area contributed by atoms with E-state index in [0.29, 0.717) is 76.6 Å². The van der Waals surface area contributed by atoms with E-state index in [1.807, 2.05) is 0 Å². The van der Waals surface area contributed by atoms with Gasteiger partial charge in [0.05, 0.1) is 54.6 Å². The molecule has 0 saturated carbocycles. The van der Waals surface area contributed by atoms with Crippen molar-refractivity contribution >= 4 is 70.1 Å². The Balaban J connectivity index is 0.834. The molecule has 5 heterocycles. The Hall–Kier alpha value is -8.67. The van der Waals surface area contributed by atoms with Gasteiger partial charge in [-0.1, -0.05) is 43.7 Å². The maximum atomic E-state index is 15.4. The lowest BCUT2D eigenvalue weighted by Gasteiger charge is -2.31. The number of nitrogens with one attached hydrogen (secondary N) is 6. The van der Waals surface area contributed by atoms with Gasteiger partial charge in [-0.3, -0.25) is 52.8 Å². The highest BCUT2D eigenvalue weighted by Gasteiger charge is 2.46. The van der Waals surface area contributed by atoms with E-state index in [1.165, 1.54) is 22.8 Å². The van der Waals surface area contributed by atoms with E-state index in [9.17, 15) is 63.0 Å². The van der Waals surface area contributed by atoms with Crippen LogP contribution in [0.4, 0.5) is 4.39 Å². The topological polar surface area (TPSA) is 331 Å². The lowest BCUT2D eigenvalue weighted by molar-refractivity contribution is -0.172. The molecule has 8 amide bonds. The monoisotopic (exact) mass is 1090 g/mol. The number of halogens is 1. The first kappa shape index (κ1) is 56.5. The van der Waals surface area contributed by atoms with E-state index in [0.717, 1.165) is 10.5 Å². The number of cyclic esters (lactones) is 1. The SMILES string of the molecule is CC[C@@]1(O)C(=O)OCc2c1cc1n(c2=O)Cc2c-1nc1cc(F)c(C)c3c1c2[C@@H](NC(=O)CCCNC(=O)[C@H](Cc1ccccc1)NC(=O)CNC(=O)CNC(=O)[C@H](CC(=O)O)NC(=O)CCCCCN1C(=O)C=CC1=O)CC3. The normalized spacial score (nSPS) is 17.4. The predicted molar refractivity (Wildman–Crippen MR) is 277 cm³/mol. The number of ether oxygens (including phenoxy) is 1. The summed E-state index contributed by atoms with van der Waals surface area (Å²) in [6.07, 6.45) is 3.63. The Morgan fingerprint density at radius 2 is 1.52 bits per heavy atom. The summed E-state index contributed by atoms with van der Waals surface area (Å²) in [7, 11) is 0. The number of fused-ring (bicyclic) bond motifs is 5. The third-order valence-corrected chi connectivity index (χ3v) is 14.6. The van der Waals surface area contributed by atoms with E-state index in [2.05, 4.69) is 31.9 Å². The molecule has 2 aromatic carbocycles. The van der Waals surface area contributed by atoms with E-state index in [-0.39, 0.29) is 75.4 Å². The van der Waals surface area contributed by atoms with Crippen LogP contribution in [0.15, 0.2) is 59.4 Å². The molecule has 8 rings (SSSR count). The average molecular weight is 1090 g/mol. The number of aliphatic carboxylic acids is 1. The zero-order valence-corrected chi connectivity index (χ0v) is 43.5. The van der Waals surface area contributed by atoms with Gasteiger partial charge in [-0.2, -0.15) is 0 Å². The zero-order valence-electron chi connectivity index (χ0n) is 43.5. The first-order chi connectivity index (χ1) is 37.8. The number of carboxylic acid groups (broad SMARTS) is 1. The highest BCUT2D eigenvalue weighted by molar-refractivity contribution is 6.12. The molecule has 24 heteroatoms. The van der Waals surface area contributed by atoms with Gasteiger partial charge in [0, 0.05) is 67.1 Å². The third-order valence-electron chi connectivity index (χ3n) is 14.6. The fraction of sp³-hybridized carbons (Fsp3) is 0.418. The number of aromatic nitrogens is 2. The van der Waals surface area contributed by atoms with Gasteiger partial charge >= 0.3 is 11.9 Å². The molecule has 0 bridgehead atoms. The van der Waals surface area contributed by atoms with Gasteiger partial charge in [-0.15, -0.1) is 0 Å². The van der Waals surface area contributed by atoms with Gasteiger partial charge in [-0.05, 0) is 73.8 Å². The molecule has 0 unspecified atom stereocenters. The standard InChI is InChI=1S/C55H60FN9O14/c1-3-55(78)34-22-40-50-32(27-65(40)53(76)33(34)28-79-54(55)77)49-36(16-15-31-29(2)35(56)23-37(63-50)48(31)49)60-42(67)14-10-19-57-51(74)38(21-30-11-6-4-7-12-30)62-44(69)26-58-43(68)25-59-52(75)39(24-47(72)73)61-41(66)13-8-5-9-20-64-45(70)17-18-46(64)71/h4,6-7,11-12,17-18,22-23,36,38-39,78H,3,5,8-10,13-16,19-21,24-28H2,1-2H3,(H,57,74)(H,58,68)(H,59,75)(H,60,67)(H,61,66)(H,62,69)(H,72,73)/t36-,38-,39-,55-/m0/s1. The highest BCUT2D eigenvalue weighted by Crippen LogP contribution is 2.46. The number of benzene rings is 2. The van der Waals surface area contributed by atoms with Gasteiger partial charge in [0.2, 0.25) is 35.4 Å². The maximum Gasteiger partial charge on any atom is 0.343 e. The van der Waals surface area contributed by atoms with Crippen molar-refractivity contribution in [1.82, 2.24) is 46.4 Å². The van der Waals surface area contributed by atoms with Crippen LogP contribution in [0, 0.1) is 12.7 Å². The largest absolute Gasteiger partial charge is 0.481 e. The number of unbranched alkanes of at least 4 members (excludes halogenated alkanes) is 2. The van der Waals surface area contributed by atoms with Crippen LogP contribution in [0.1, 0.15) is 110 Å². The molecule has 0 fully saturated rings. The minimum atomic E-state index is -2.06. The molecule has 4 atom stereocenters. The molecule has 79 heavy (non-hydrogen) atoms. The second-order valence-electron chi connectivity index (χ2n) is 19.9. The number of rotatable bonds is 24. The molecule has 2 aromatic heterocycles. The Kier molecular flexibility index (Phi) is 17.4. The van der Waals surface area contributed by atoms with Crippen molar-refractivity contribution in [1.29, 1.82) is 0 Å². The number of pyridine rings is 2. The third kappa shape index (κ3) is 12.5. The molecular formula is C55H60FN9O14. The van der Waals surface area contributed by atoms with Crippen molar-refractivity contribution in [2.45, 2.75) is 121 Å². The van der Waals surface area contributed by atoms with Gasteiger partial charge < -0.3 is 51.4 Å². The molecule has 4 aromatic rings. The minimum absolute atomic E-state index is 0.0244. The number of carbonyl (C=O) groups is 10. The van der Waals surface area contributed by atoms with Crippen LogP contribution in [-0.2, 0) is 84.3 Å². The molecule has 0 radical (unpaired) electrons. The summed E-state index contributed by atoms with van der Waals surface area (Å²) in [5.41, 5.74) is 1.97. The zero-order chi connectivity index (χ0) is 56.7. The van der Waals surface area contributed by atoms with Crippen LogP contribution < -0.4 is 37.5 Å². The summed E-state index contributed by atoms with van der Waals surface area (Å²) >= 11 is 0. The Morgan fingerprint density at radius 3 is 2.24 bits per heavy atom. The number of amides is 8. The number of nitrogens with zero attached hydrogens (tertiary/aromatic N) is 3. The molecule has 3 aliphatic heterocycles. The first-order valence-electron chi connectivity index (χ1n) is 26.1. The average Bonchev–Trinajstić information content (AvgIpc) is 4.08. The summed E-state index contributed by atoms with van der Waals surface area (Å²) < 4.78 is 22.1. The number of carboxylic acids is 1. The van der Waals surface area contributed by atoms with Crippen molar-refractivity contribution in [2.24, 2.45) is 0 Å². The molecule has 23 nitrogen and oxygen atoms in total. The van der Waals surface area contributed by atoms with E-state index >= 15 is 4.39 Å². The summed E-state index contributed by atoms with van der Waals surface area (Å²) in [6.45, 7) is 1.92. The second-order valence-corrected chi connectivity index (χ2v) is 19.9. The number of hydrogen-bond acceptors (Lipinski definition) is 14. The van der Waals surface area contributed by atoms with Gasteiger partial charge in [0.15, 0.2) is 5.60 Å². The number of aliphatic hydroxyl groups is 1. The second kappa shape index (κ2) is 24.3. The fourth-order valence-electron chi connectivity index (χ4n) is 10.4. The number of esters is 1. The smallest absolute Gasteiger partial charge is 0.343 e. The lowest BCUT2D eigenvalue weighted by atomic mass is 9.81. The molecule has 416 valence electrons. The van der Waals surface area contributed by atoms with Crippen molar-refractivity contribution in [3.05, 3.63) is 110 Å². The van der Waals surface area contributed by atoms with E-state index in [1.54, 1.807) is 50.2 Å². The van der Waals surface area contributed by atoms with E-state index < -0.39 is 108 Å². The van der Waals surface area contributed by atoms with Crippen molar-refractivity contribution in [3.63, 3.8) is 0 Å². The van der Waals surface area contributed by atoms with Gasteiger partial charge in [0.1, 0.15) is 24.5 Å². The number of hydrogen-bond donors (Lipinski definition) is 8. The van der Waals surface area contributed by atoms with Gasteiger partial charge in [-0.25, -0.2) is 14.2 Å². The summed E-state index contributed by atoms with van der Waals surface area (Å²) in [5.74, 6) is -7.71. The van der Waals surface area contributed by atoms with Crippen LogP contribution in [0.2, 0.25) is 0 Å². The Morgan fingerprint density at radius 1 is 0.823 bits per heavy atom. The van der Waals surface area contributed by atoms with Crippen molar-refractivity contribution in [3.8, 4) is 11.4 Å². The van der Waals surface area contributed by atoms with Gasteiger partial charge in [0.25, 0.3) is 17.4 Å². The summed E-state index contributed by atoms with van der Waals surface area (Å²) in [6, 6.07) is 8.45. The first-order valence-corrected chi connectivity index (χ1v) is 26.1. The molecule has 4 aliphatic rings. The predicted octanol–water partition coefficient (Wildman–Crippen LogP) is 0.932. The van der Waals surface area contributed by atoms with Crippen LogP contribution in [0.25, 0.3) is 22.3 Å².